The predicted octanol–water partition coefficient (Wildman–Crippen LogP) is 5.98. The van der Waals surface area contributed by atoms with Gasteiger partial charge in [0.15, 0.2) is 0 Å². The van der Waals surface area contributed by atoms with Gasteiger partial charge in [-0.1, -0.05) is 41.4 Å². The summed E-state index contributed by atoms with van der Waals surface area (Å²) in [4.78, 5) is 4.69. The number of fused-ring (bicyclic) bond motifs is 1. The van der Waals surface area contributed by atoms with Crippen molar-refractivity contribution in [1.29, 1.82) is 0 Å². The highest BCUT2D eigenvalue weighted by Crippen LogP contribution is 2.28. The van der Waals surface area contributed by atoms with Crippen LogP contribution in [0.25, 0.3) is 11.0 Å². The maximum atomic E-state index is 10.7. The molecule has 3 aromatic carbocycles. The minimum Gasteiger partial charge on any atom is -0.491 e. The maximum Gasteiger partial charge on any atom is 0.148 e. The number of hydrogen-bond acceptors (Lipinski definition) is 4. The van der Waals surface area contributed by atoms with E-state index in [2.05, 4.69) is 11.1 Å². The molecule has 0 amide bonds. The van der Waals surface area contributed by atoms with Gasteiger partial charge in [-0.05, 0) is 67.4 Å². The molecule has 0 aliphatic rings. The number of hydrogen-bond donors (Lipinski definition) is 1. The normalized spacial score (nSPS) is 12.2. The number of ether oxygens (including phenoxy) is 2. The van der Waals surface area contributed by atoms with Crippen molar-refractivity contribution in [2.24, 2.45) is 0 Å². The minimum absolute atomic E-state index is 0.165. The Morgan fingerprint density at radius 3 is 2.47 bits per heavy atom. The fourth-order valence-corrected chi connectivity index (χ4v) is 4.11. The molecule has 0 bridgehead atoms. The lowest BCUT2D eigenvalue weighted by atomic mass is 10.1. The monoisotopic (exact) mass is 470 g/mol. The maximum absolute atomic E-state index is 10.7. The third-order valence-electron chi connectivity index (χ3n) is 5.02. The van der Waals surface area contributed by atoms with Crippen molar-refractivity contribution in [1.82, 2.24) is 9.55 Å². The van der Waals surface area contributed by atoms with Crippen LogP contribution in [0.1, 0.15) is 17.0 Å². The third kappa shape index (κ3) is 5.36. The lowest BCUT2D eigenvalue weighted by molar-refractivity contribution is 0.0917. The first kappa shape index (κ1) is 22.5. The first-order chi connectivity index (χ1) is 15.4. The molecular weight excluding hydrogens is 447 g/mol. The van der Waals surface area contributed by atoms with Gasteiger partial charge in [-0.3, -0.25) is 0 Å². The highest BCUT2D eigenvalue weighted by Gasteiger charge is 2.16. The molecule has 166 valence electrons. The van der Waals surface area contributed by atoms with E-state index in [1.165, 1.54) is 0 Å². The smallest absolute Gasteiger partial charge is 0.148 e. The van der Waals surface area contributed by atoms with E-state index >= 15 is 0 Å². The van der Waals surface area contributed by atoms with Crippen molar-refractivity contribution in [3.8, 4) is 11.5 Å². The number of aryl methyl sites for hydroxylation is 2. The summed E-state index contributed by atoms with van der Waals surface area (Å²) in [5, 5.41) is 11.7. The van der Waals surface area contributed by atoms with Crippen molar-refractivity contribution in [2.75, 3.05) is 6.61 Å². The molecule has 0 aliphatic carbocycles. The van der Waals surface area contributed by atoms with Crippen LogP contribution in [0.3, 0.4) is 0 Å². The number of para-hydroxylation sites is 2. The highest BCUT2D eigenvalue weighted by atomic mass is 35.5. The summed E-state index contributed by atoms with van der Waals surface area (Å²) < 4.78 is 13.7. The number of nitrogens with zero attached hydrogens (tertiary/aromatic N) is 2. The highest BCUT2D eigenvalue weighted by molar-refractivity contribution is 6.35. The third-order valence-corrected chi connectivity index (χ3v) is 5.55. The zero-order valence-corrected chi connectivity index (χ0v) is 19.4. The molecule has 5 nitrogen and oxygen atoms in total. The molecule has 1 heterocycles. The van der Waals surface area contributed by atoms with Gasteiger partial charge in [-0.2, -0.15) is 0 Å². The van der Waals surface area contributed by atoms with Gasteiger partial charge in [0.05, 0.1) is 22.6 Å². The van der Waals surface area contributed by atoms with E-state index in [1.807, 2.05) is 54.8 Å². The number of rotatable bonds is 8. The Morgan fingerprint density at radius 1 is 0.969 bits per heavy atom. The quantitative estimate of drug-likeness (QED) is 0.344. The molecule has 0 radical (unpaired) electrons. The second kappa shape index (κ2) is 9.82. The second-order valence-electron chi connectivity index (χ2n) is 7.78. The topological polar surface area (TPSA) is 56.5 Å². The van der Waals surface area contributed by atoms with E-state index in [1.54, 1.807) is 18.2 Å². The van der Waals surface area contributed by atoms with Crippen molar-refractivity contribution in [2.45, 2.75) is 33.1 Å². The Hall–Kier alpha value is -2.73. The van der Waals surface area contributed by atoms with Crippen LogP contribution in [0.2, 0.25) is 10.0 Å². The van der Waals surface area contributed by atoms with E-state index < -0.39 is 6.10 Å². The molecule has 4 rings (SSSR count). The van der Waals surface area contributed by atoms with Crippen molar-refractivity contribution < 1.29 is 14.6 Å². The van der Waals surface area contributed by atoms with Crippen LogP contribution in [-0.2, 0) is 13.2 Å². The number of aliphatic hydroxyl groups is 1. The number of halogens is 2. The van der Waals surface area contributed by atoms with E-state index in [0.29, 0.717) is 28.2 Å². The number of aromatic nitrogens is 2. The molecule has 0 spiro atoms. The van der Waals surface area contributed by atoms with Crippen molar-refractivity contribution >= 4 is 34.2 Å². The van der Waals surface area contributed by atoms with Gasteiger partial charge < -0.3 is 19.1 Å². The minimum atomic E-state index is -0.730. The summed E-state index contributed by atoms with van der Waals surface area (Å²) >= 11 is 12.2. The molecule has 32 heavy (non-hydrogen) atoms. The van der Waals surface area contributed by atoms with Crippen LogP contribution in [0.4, 0.5) is 0 Å². The number of imidazole rings is 1. The summed E-state index contributed by atoms with van der Waals surface area (Å²) in [6.45, 7) is 4.72. The Kier molecular flexibility index (Phi) is 6.89. The molecule has 1 aromatic heterocycles. The van der Waals surface area contributed by atoms with Gasteiger partial charge in [-0.25, -0.2) is 4.98 Å². The van der Waals surface area contributed by atoms with E-state index in [9.17, 15) is 5.11 Å². The van der Waals surface area contributed by atoms with Crippen LogP contribution in [0.5, 0.6) is 11.5 Å². The zero-order valence-electron chi connectivity index (χ0n) is 17.9. The lowest BCUT2D eigenvalue weighted by Crippen LogP contribution is -2.25. The molecule has 0 aliphatic heterocycles. The van der Waals surface area contributed by atoms with Crippen LogP contribution < -0.4 is 9.47 Å². The van der Waals surface area contributed by atoms with Crippen LogP contribution >= 0.6 is 23.2 Å². The van der Waals surface area contributed by atoms with Gasteiger partial charge in [0.1, 0.15) is 36.6 Å². The zero-order chi connectivity index (χ0) is 22.7. The van der Waals surface area contributed by atoms with Gasteiger partial charge in [0.25, 0.3) is 0 Å². The molecule has 0 fully saturated rings. The molecule has 0 saturated heterocycles. The second-order valence-corrected chi connectivity index (χ2v) is 8.62. The van der Waals surface area contributed by atoms with Crippen molar-refractivity contribution in [3.63, 3.8) is 0 Å². The first-order valence-electron chi connectivity index (χ1n) is 10.3. The van der Waals surface area contributed by atoms with Gasteiger partial charge >= 0.3 is 0 Å². The first-order valence-corrected chi connectivity index (χ1v) is 11.1. The molecule has 1 N–H and O–H groups in total. The van der Waals surface area contributed by atoms with E-state index in [0.717, 1.165) is 27.9 Å². The summed E-state index contributed by atoms with van der Waals surface area (Å²) in [6.07, 6.45) is -0.730. The van der Waals surface area contributed by atoms with Crippen LogP contribution in [0, 0.1) is 13.8 Å². The lowest BCUT2D eigenvalue weighted by Gasteiger charge is -2.16. The Labute approximate surface area is 197 Å². The molecule has 0 saturated carbocycles. The van der Waals surface area contributed by atoms with Crippen LogP contribution in [-0.4, -0.2) is 27.4 Å². The molecule has 4 aromatic rings. The summed E-state index contributed by atoms with van der Waals surface area (Å²) in [7, 11) is 0. The van der Waals surface area contributed by atoms with E-state index in [-0.39, 0.29) is 13.2 Å². The molecule has 1 atom stereocenters. The van der Waals surface area contributed by atoms with Gasteiger partial charge in [-0.15, -0.1) is 0 Å². The fraction of sp³-hybridized carbons (Fsp3) is 0.240. The average molecular weight is 471 g/mol. The van der Waals surface area contributed by atoms with Gasteiger partial charge in [0, 0.05) is 5.02 Å². The Morgan fingerprint density at radius 2 is 1.72 bits per heavy atom. The van der Waals surface area contributed by atoms with Crippen LogP contribution in [0.15, 0.2) is 60.7 Å². The van der Waals surface area contributed by atoms with Gasteiger partial charge in [0.2, 0.25) is 0 Å². The summed E-state index contributed by atoms with van der Waals surface area (Å²) in [5.74, 6) is 1.95. The molecule has 7 heteroatoms. The standard InChI is InChI=1S/C25H24Cl2N2O3/c1-16-9-17(2)11-20(10-16)31-14-19(30)13-29-23-6-4-3-5-22(23)28-25(29)15-32-24-8-7-18(26)12-21(24)27/h3-12,19,30H,13-15H2,1-2H3. The Balaban J connectivity index is 1.50. The molecular formula is C25H24Cl2N2O3. The fourth-order valence-electron chi connectivity index (χ4n) is 3.65. The number of benzene rings is 3. The number of aliphatic hydroxyl groups excluding tert-OH is 1. The largest absolute Gasteiger partial charge is 0.491 e. The average Bonchev–Trinajstić information content (AvgIpc) is 3.08. The van der Waals surface area contributed by atoms with E-state index in [4.69, 9.17) is 32.7 Å². The Bertz CT molecular complexity index is 1220. The van der Waals surface area contributed by atoms with Crippen molar-refractivity contribution in [3.05, 3.63) is 87.7 Å². The molecule has 1 unspecified atom stereocenters. The SMILES string of the molecule is Cc1cc(C)cc(OCC(O)Cn2c(COc3ccc(Cl)cc3Cl)nc3ccccc32)c1. The summed E-state index contributed by atoms with van der Waals surface area (Å²) in [6, 6.07) is 18.9. The summed E-state index contributed by atoms with van der Waals surface area (Å²) in [5.41, 5.74) is 3.99. The predicted molar refractivity (Wildman–Crippen MR) is 128 cm³/mol.